The molecule has 14 heavy (non-hydrogen) atoms. The first kappa shape index (κ1) is 11.5. The second-order valence-electron chi connectivity index (χ2n) is 2.33. The van der Waals surface area contributed by atoms with E-state index in [0.717, 1.165) is 11.3 Å². The van der Waals surface area contributed by atoms with Gasteiger partial charge in [0.25, 0.3) is 0 Å². The van der Waals surface area contributed by atoms with Crippen molar-refractivity contribution in [3.8, 4) is 0 Å². The van der Waals surface area contributed by atoms with Gasteiger partial charge < -0.3 is 10.4 Å². The first-order chi connectivity index (χ1) is 6.56. The molecule has 1 heterocycles. The summed E-state index contributed by atoms with van der Waals surface area (Å²) in [6.07, 6.45) is 0.348. The van der Waals surface area contributed by atoms with E-state index in [2.05, 4.69) is 21.2 Å². The average molecular weight is 299 g/mol. The molecule has 76 valence electrons. The molecular weight excluding hydrogens is 294 g/mol. The van der Waals surface area contributed by atoms with Gasteiger partial charge >= 0.3 is 5.97 Å². The monoisotopic (exact) mass is 297 g/mol. The standard InChI is InChI=1S/C7H5BrClNO3S/c8-3-1-4(14-6(3)9)5(7(12)13)10-2-11/h1-2,5H,(H,10,11)(H,12,13). The van der Waals surface area contributed by atoms with Crippen LogP contribution >= 0.6 is 38.9 Å². The van der Waals surface area contributed by atoms with E-state index in [-0.39, 0.29) is 0 Å². The number of carboxylic acids is 1. The van der Waals surface area contributed by atoms with Crippen molar-refractivity contribution in [1.29, 1.82) is 0 Å². The Morgan fingerprint density at radius 2 is 2.43 bits per heavy atom. The molecule has 7 heteroatoms. The second kappa shape index (κ2) is 4.77. The van der Waals surface area contributed by atoms with Crippen molar-refractivity contribution >= 4 is 51.2 Å². The van der Waals surface area contributed by atoms with Crippen molar-refractivity contribution in [2.75, 3.05) is 0 Å². The molecule has 1 rings (SSSR count). The van der Waals surface area contributed by atoms with E-state index in [1.54, 1.807) is 6.07 Å². The van der Waals surface area contributed by atoms with Crippen LogP contribution in [0.1, 0.15) is 10.9 Å². The lowest BCUT2D eigenvalue weighted by atomic mass is 10.2. The van der Waals surface area contributed by atoms with Crippen molar-refractivity contribution < 1.29 is 14.7 Å². The Labute approximate surface area is 97.0 Å². The highest BCUT2D eigenvalue weighted by Crippen LogP contribution is 2.35. The van der Waals surface area contributed by atoms with Gasteiger partial charge in [-0.25, -0.2) is 4.79 Å². The van der Waals surface area contributed by atoms with Crippen molar-refractivity contribution in [2.24, 2.45) is 0 Å². The van der Waals surface area contributed by atoms with Crippen LogP contribution in [0, 0.1) is 0 Å². The highest BCUT2D eigenvalue weighted by molar-refractivity contribution is 9.10. The Morgan fingerprint density at radius 3 is 2.79 bits per heavy atom. The number of hydrogen-bond donors (Lipinski definition) is 2. The van der Waals surface area contributed by atoms with Crippen LogP contribution in [0.25, 0.3) is 0 Å². The highest BCUT2D eigenvalue weighted by atomic mass is 79.9. The summed E-state index contributed by atoms with van der Waals surface area (Å²) in [4.78, 5) is 21.4. The molecule has 1 aromatic heterocycles. The Balaban J connectivity index is 2.98. The van der Waals surface area contributed by atoms with E-state index in [4.69, 9.17) is 16.7 Å². The Hall–Kier alpha value is -0.590. The average Bonchev–Trinajstić information content (AvgIpc) is 2.42. The van der Waals surface area contributed by atoms with Gasteiger partial charge in [0.2, 0.25) is 6.41 Å². The topological polar surface area (TPSA) is 66.4 Å². The number of amides is 1. The molecule has 0 saturated heterocycles. The number of nitrogens with one attached hydrogen (secondary N) is 1. The van der Waals surface area contributed by atoms with E-state index in [1.807, 2.05) is 0 Å². The molecule has 0 fully saturated rings. The third-order valence-corrected chi connectivity index (χ3v) is 3.97. The maximum atomic E-state index is 10.7. The van der Waals surface area contributed by atoms with E-state index in [0.29, 0.717) is 20.1 Å². The predicted molar refractivity (Wildman–Crippen MR) is 56.6 cm³/mol. The number of carbonyl (C=O) groups is 2. The molecule has 1 amide bonds. The van der Waals surface area contributed by atoms with Crippen molar-refractivity contribution in [1.82, 2.24) is 5.32 Å². The fourth-order valence-corrected chi connectivity index (χ4v) is 2.64. The lowest BCUT2D eigenvalue weighted by Gasteiger charge is -2.07. The summed E-state index contributed by atoms with van der Waals surface area (Å²) >= 11 is 10.0. The van der Waals surface area contributed by atoms with Crippen molar-refractivity contribution in [2.45, 2.75) is 6.04 Å². The predicted octanol–water partition coefficient (Wildman–Crippen LogP) is 2.04. The van der Waals surface area contributed by atoms with Gasteiger partial charge in [0.15, 0.2) is 6.04 Å². The molecule has 1 unspecified atom stereocenters. The molecule has 0 bridgehead atoms. The molecule has 1 atom stereocenters. The van der Waals surface area contributed by atoms with Gasteiger partial charge in [0.1, 0.15) is 4.34 Å². The van der Waals surface area contributed by atoms with Gasteiger partial charge in [-0.05, 0) is 22.0 Å². The maximum Gasteiger partial charge on any atom is 0.331 e. The minimum Gasteiger partial charge on any atom is -0.479 e. The van der Waals surface area contributed by atoms with Crippen LogP contribution in [-0.4, -0.2) is 17.5 Å². The number of thiophene rings is 1. The lowest BCUT2D eigenvalue weighted by Crippen LogP contribution is -2.26. The van der Waals surface area contributed by atoms with Crippen LogP contribution in [0.5, 0.6) is 0 Å². The first-order valence-electron chi connectivity index (χ1n) is 3.43. The normalized spacial score (nSPS) is 12.1. The zero-order valence-corrected chi connectivity index (χ0v) is 9.82. The van der Waals surface area contributed by atoms with Crippen molar-refractivity contribution in [3.63, 3.8) is 0 Å². The van der Waals surface area contributed by atoms with E-state index >= 15 is 0 Å². The Kier molecular flexibility index (Phi) is 3.91. The molecule has 0 spiro atoms. The van der Waals surface area contributed by atoms with E-state index in [9.17, 15) is 9.59 Å². The summed E-state index contributed by atoms with van der Waals surface area (Å²) in [5, 5.41) is 11.0. The van der Waals surface area contributed by atoms with Crippen LogP contribution < -0.4 is 5.32 Å². The van der Waals surface area contributed by atoms with Crippen LogP contribution in [-0.2, 0) is 9.59 Å². The lowest BCUT2D eigenvalue weighted by molar-refractivity contribution is -0.140. The minimum absolute atomic E-state index is 0.348. The number of hydrogen-bond acceptors (Lipinski definition) is 3. The SMILES string of the molecule is O=CNC(C(=O)O)c1cc(Br)c(Cl)s1. The second-order valence-corrected chi connectivity index (χ2v) is 4.87. The molecule has 0 aromatic carbocycles. The first-order valence-corrected chi connectivity index (χ1v) is 5.42. The minimum atomic E-state index is -1.12. The summed E-state index contributed by atoms with van der Waals surface area (Å²) in [6.45, 7) is 0. The van der Waals surface area contributed by atoms with Gasteiger partial charge in [-0.1, -0.05) is 11.6 Å². The maximum absolute atomic E-state index is 10.7. The molecule has 1 aromatic rings. The van der Waals surface area contributed by atoms with Gasteiger partial charge in [0, 0.05) is 9.35 Å². The summed E-state index contributed by atoms with van der Waals surface area (Å²) < 4.78 is 1.08. The fraction of sp³-hybridized carbons (Fsp3) is 0.143. The molecule has 0 aliphatic carbocycles. The molecular formula is C7H5BrClNO3S. The van der Waals surface area contributed by atoms with Crippen LogP contribution in [0.4, 0.5) is 0 Å². The fourth-order valence-electron chi connectivity index (χ4n) is 0.849. The van der Waals surface area contributed by atoms with E-state index < -0.39 is 12.0 Å². The number of aliphatic carboxylic acids is 1. The third-order valence-electron chi connectivity index (χ3n) is 1.43. The van der Waals surface area contributed by atoms with Gasteiger partial charge in [-0.2, -0.15) is 0 Å². The van der Waals surface area contributed by atoms with Crippen LogP contribution in [0.2, 0.25) is 4.34 Å². The Bertz CT molecular complexity index is 348. The summed E-state index contributed by atoms with van der Waals surface area (Å²) in [7, 11) is 0. The number of carbonyl (C=O) groups excluding carboxylic acids is 1. The highest BCUT2D eigenvalue weighted by Gasteiger charge is 2.21. The summed E-state index contributed by atoms with van der Waals surface area (Å²) in [6, 6.07) is 0.531. The van der Waals surface area contributed by atoms with Crippen LogP contribution in [0.15, 0.2) is 10.5 Å². The van der Waals surface area contributed by atoms with Gasteiger partial charge in [-0.15, -0.1) is 11.3 Å². The smallest absolute Gasteiger partial charge is 0.331 e. The summed E-state index contributed by atoms with van der Waals surface area (Å²) in [5.41, 5.74) is 0. The summed E-state index contributed by atoms with van der Waals surface area (Å²) in [5.74, 6) is -1.12. The molecule has 4 nitrogen and oxygen atoms in total. The molecule has 0 saturated carbocycles. The molecule has 2 N–H and O–H groups in total. The largest absolute Gasteiger partial charge is 0.479 e. The number of rotatable bonds is 4. The van der Waals surface area contributed by atoms with Gasteiger partial charge in [0.05, 0.1) is 0 Å². The van der Waals surface area contributed by atoms with E-state index in [1.165, 1.54) is 0 Å². The Morgan fingerprint density at radius 1 is 1.79 bits per heavy atom. The molecule has 0 aliphatic rings. The third kappa shape index (κ3) is 2.46. The number of halogens is 2. The van der Waals surface area contributed by atoms with Gasteiger partial charge in [-0.3, -0.25) is 4.79 Å². The van der Waals surface area contributed by atoms with Crippen molar-refractivity contribution in [3.05, 3.63) is 19.8 Å². The zero-order valence-electron chi connectivity index (χ0n) is 6.66. The molecule has 0 radical (unpaired) electrons. The van der Waals surface area contributed by atoms with Crippen LogP contribution in [0.3, 0.4) is 0 Å². The molecule has 0 aliphatic heterocycles. The quantitative estimate of drug-likeness (QED) is 0.836. The zero-order chi connectivity index (χ0) is 10.7. The number of carboxylic acid groups (broad SMARTS) is 1.